The van der Waals surface area contributed by atoms with Crippen LogP contribution in [0.1, 0.15) is 37.0 Å². The van der Waals surface area contributed by atoms with Gasteiger partial charge in [0.25, 0.3) is 5.91 Å². The van der Waals surface area contributed by atoms with Gasteiger partial charge in [0.05, 0.1) is 5.54 Å². The molecule has 1 atom stereocenters. The van der Waals surface area contributed by atoms with Crippen LogP contribution in [0.4, 0.5) is 0 Å². The van der Waals surface area contributed by atoms with E-state index >= 15 is 0 Å². The largest absolute Gasteiger partial charge is 0.459 e. The average molecular weight is 344 g/mol. The number of aromatic nitrogens is 1. The topological polar surface area (TPSA) is 81.2 Å². The second-order valence-corrected chi connectivity index (χ2v) is 6.54. The summed E-state index contributed by atoms with van der Waals surface area (Å²) in [7, 11) is 0. The monoisotopic (exact) mass is 343 g/mol. The molecule has 0 aromatic carbocycles. The van der Waals surface area contributed by atoms with Gasteiger partial charge in [-0.2, -0.15) is 0 Å². The van der Waals surface area contributed by atoms with E-state index in [0.29, 0.717) is 23.0 Å². The molecule has 1 amide bonds. The van der Waals surface area contributed by atoms with Crippen molar-refractivity contribution in [2.75, 3.05) is 6.54 Å². The highest BCUT2D eigenvalue weighted by molar-refractivity contribution is 7.13. The molecule has 0 spiro atoms. The van der Waals surface area contributed by atoms with Gasteiger partial charge in [-0.3, -0.25) is 4.79 Å². The molecule has 0 saturated carbocycles. The van der Waals surface area contributed by atoms with E-state index < -0.39 is 5.54 Å². The van der Waals surface area contributed by atoms with Gasteiger partial charge in [0.15, 0.2) is 10.8 Å². The second-order valence-electron chi connectivity index (χ2n) is 5.68. The lowest BCUT2D eigenvalue weighted by Crippen LogP contribution is -2.55. The fourth-order valence-corrected chi connectivity index (χ4v) is 2.56. The number of amides is 1. The lowest BCUT2D eigenvalue weighted by molar-refractivity contribution is 0.0879. The van der Waals surface area contributed by atoms with Crippen molar-refractivity contribution in [1.29, 1.82) is 0 Å². The number of carbonyl (C=O) groups excluding carboxylic acids is 1. The number of thiazole rings is 1. The Morgan fingerprint density at radius 2 is 2.18 bits per heavy atom. The Morgan fingerprint density at radius 3 is 2.68 bits per heavy atom. The van der Waals surface area contributed by atoms with Gasteiger partial charge >= 0.3 is 0 Å². The Labute approximate surface area is 140 Å². The highest BCUT2D eigenvalue weighted by atomic mass is 35.5. The Kier molecular flexibility index (Phi) is 6.17. The first-order valence-corrected chi connectivity index (χ1v) is 7.78. The zero-order valence-corrected chi connectivity index (χ0v) is 14.8. The van der Waals surface area contributed by atoms with Gasteiger partial charge in [0.2, 0.25) is 0 Å². The van der Waals surface area contributed by atoms with Crippen molar-refractivity contribution in [1.82, 2.24) is 10.3 Å². The molecule has 5 nitrogen and oxygen atoms in total. The van der Waals surface area contributed by atoms with Crippen LogP contribution in [0.2, 0.25) is 0 Å². The predicted molar refractivity (Wildman–Crippen MR) is 91.6 cm³/mol. The molecule has 2 aromatic rings. The molecule has 3 N–H and O–H groups in total. The van der Waals surface area contributed by atoms with E-state index in [1.807, 2.05) is 39.8 Å². The van der Waals surface area contributed by atoms with Crippen LogP contribution >= 0.6 is 23.7 Å². The minimum Gasteiger partial charge on any atom is -0.459 e. The summed E-state index contributed by atoms with van der Waals surface area (Å²) in [6.07, 6.45) is 0. The number of nitrogens with one attached hydrogen (secondary N) is 1. The first kappa shape index (κ1) is 18.7. The number of halogens is 1. The first-order valence-electron chi connectivity index (χ1n) is 6.90. The number of hydrogen-bond donors (Lipinski definition) is 2. The van der Waals surface area contributed by atoms with Gasteiger partial charge in [-0.15, -0.1) is 23.7 Å². The van der Waals surface area contributed by atoms with Gasteiger partial charge in [-0.25, -0.2) is 4.98 Å². The summed E-state index contributed by atoms with van der Waals surface area (Å²) in [5.74, 6) is 1.53. The second kappa shape index (κ2) is 7.26. The zero-order valence-electron chi connectivity index (χ0n) is 13.2. The quantitative estimate of drug-likeness (QED) is 0.873. The van der Waals surface area contributed by atoms with Crippen LogP contribution in [0.3, 0.4) is 0 Å². The number of aryl methyl sites for hydroxylation is 1. The molecular formula is C15H22ClN3O2S. The third-order valence-corrected chi connectivity index (χ3v) is 4.64. The van der Waals surface area contributed by atoms with E-state index in [0.717, 1.165) is 5.76 Å². The number of furan rings is 1. The molecule has 2 rings (SSSR count). The lowest BCUT2D eigenvalue weighted by atomic mass is 9.88. The Bertz CT molecular complexity index is 638. The number of nitrogens with two attached hydrogens (primary N) is 1. The van der Waals surface area contributed by atoms with Crippen molar-refractivity contribution in [2.45, 2.75) is 33.2 Å². The first-order chi connectivity index (χ1) is 9.85. The Hall–Kier alpha value is -1.37. The van der Waals surface area contributed by atoms with Gasteiger partial charge in [0, 0.05) is 11.9 Å². The molecule has 7 heteroatoms. The van der Waals surface area contributed by atoms with E-state index in [1.165, 1.54) is 11.3 Å². The maximum Gasteiger partial charge on any atom is 0.271 e. The summed E-state index contributed by atoms with van der Waals surface area (Å²) in [5, 5.41) is 5.42. The van der Waals surface area contributed by atoms with E-state index in [1.54, 1.807) is 5.38 Å². The zero-order chi connectivity index (χ0) is 15.6. The van der Waals surface area contributed by atoms with Gasteiger partial charge in [0.1, 0.15) is 11.5 Å². The summed E-state index contributed by atoms with van der Waals surface area (Å²) < 4.78 is 5.52. The van der Waals surface area contributed by atoms with Crippen molar-refractivity contribution >= 4 is 29.7 Å². The van der Waals surface area contributed by atoms with E-state index in [2.05, 4.69) is 10.3 Å². The molecule has 0 fully saturated rings. The van der Waals surface area contributed by atoms with Crippen LogP contribution < -0.4 is 11.1 Å². The Morgan fingerprint density at radius 1 is 1.50 bits per heavy atom. The van der Waals surface area contributed by atoms with E-state index in [-0.39, 0.29) is 24.2 Å². The SMILES string of the molecule is Cc1ccc(-c2nc(C(=O)NC(C)(CN)C(C)C)cs2)o1.Cl. The highest BCUT2D eigenvalue weighted by Gasteiger charge is 2.29. The van der Waals surface area contributed by atoms with Crippen molar-refractivity contribution in [3.8, 4) is 10.8 Å². The van der Waals surface area contributed by atoms with Crippen molar-refractivity contribution in [2.24, 2.45) is 11.7 Å². The molecule has 122 valence electrons. The molecule has 0 aliphatic carbocycles. The summed E-state index contributed by atoms with van der Waals surface area (Å²) in [6.45, 7) is 8.26. The summed E-state index contributed by atoms with van der Waals surface area (Å²) in [5.41, 5.74) is 5.74. The number of nitrogens with zero attached hydrogens (tertiary/aromatic N) is 1. The number of hydrogen-bond acceptors (Lipinski definition) is 5. The molecule has 0 aliphatic heterocycles. The average Bonchev–Trinajstić information content (AvgIpc) is 3.06. The summed E-state index contributed by atoms with van der Waals surface area (Å²) >= 11 is 1.39. The van der Waals surface area contributed by atoms with Crippen LogP contribution in [-0.4, -0.2) is 23.0 Å². The van der Waals surface area contributed by atoms with Gasteiger partial charge < -0.3 is 15.5 Å². The third-order valence-electron chi connectivity index (χ3n) is 3.79. The molecule has 0 saturated heterocycles. The maximum absolute atomic E-state index is 12.3. The van der Waals surface area contributed by atoms with Crippen LogP contribution in [0.25, 0.3) is 10.8 Å². The molecule has 0 radical (unpaired) electrons. The Balaban J connectivity index is 0.00000242. The molecular weight excluding hydrogens is 322 g/mol. The van der Waals surface area contributed by atoms with Gasteiger partial charge in [-0.05, 0) is 31.9 Å². The molecule has 0 bridgehead atoms. The van der Waals surface area contributed by atoms with Crippen molar-refractivity contribution in [3.63, 3.8) is 0 Å². The lowest BCUT2D eigenvalue weighted by Gasteiger charge is -2.33. The summed E-state index contributed by atoms with van der Waals surface area (Å²) in [4.78, 5) is 16.7. The van der Waals surface area contributed by atoms with Crippen molar-refractivity contribution in [3.05, 3.63) is 29.0 Å². The standard InChI is InChI=1S/C15H21N3O2S.ClH/c1-9(2)15(4,8-16)18-13(19)11-7-21-14(17-11)12-6-5-10(3)20-12;/h5-7,9H,8,16H2,1-4H3,(H,18,19);1H. The molecule has 0 aliphatic rings. The number of carbonyl (C=O) groups is 1. The predicted octanol–water partition coefficient (Wildman–Crippen LogP) is 3.24. The number of rotatable bonds is 5. The molecule has 1 unspecified atom stereocenters. The minimum atomic E-state index is -0.442. The molecule has 22 heavy (non-hydrogen) atoms. The van der Waals surface area contributed by atoms with Crippen LogP contribution in [0, 0.1) is 12.8 Å². The van der Waals surface area contributed by atoms with Gasteiger partial charge in [-0.1, -0.05) is 13.8 Å². The minimum absolute atomic E-state index is 0. The molecule has 2 aromatic heterocycles. The smallest absolute Gasteiger partial charge is 0.271 e. The van der Waals surface area contributed by atoms with E-state index in [4.69, 9.17) is 10.2 Å². The van der Waals surface area contributed by atoms with Crippen LogP contribution in [-0.2, 0) is 0 Å². The van der Waals surface area contributed by atoms with Crippen molar-refractivity contribution < 1.29 is 9.21 Å². The summed E-state index contributed by atoms with van der Waals surface area (Å²) in [6, 6.07) is 3.73. The maximum atomic E-state index is 12.3. The highest BCUT2D eigenvalue weighted by Crippen LogP contribution is 2.26. The fraction of sp³-hybridized carbons (Fsp3) is 0.467. The van der Waals surface area contributed by atoms with Crippen LogP contribution in [0.5, 0.6) is 0 Å². The van der Waals surface area contributed by atoms with E-state index in [9.17, 15) is 4.79 Å². The van der Waals surface area contributed by atoms with Crippen LogP contribution in [0.15, 0.2) is 21.9 Å². The third kappa shape index (κ3) is 3.88. The fourth-order valence-electron chi connectivity index (χ4n) is 1.80. The normalized spacial score (nSPS) is 13.5. The molecule has 2 heterocycles.